The Labute approximate surface area is 662 Å². The van der Waals surface area contributed by atoms with Crippen molar-refractivity contribution in [1.29, 1.82) is 5.26 Å². The summed E-state index contributed by atoms with van der Waals surface area (Å²) in [6.45, 7) is 11.8. The van der Waals surface area contributed by atoms with Crippen LogP contribution in [0.25, 0.3) is 50.8 Å². The van der Waals surface area contributed by atoms with Crippen molar-refractivity contribution in [3.8, 4) is 56.6 Å². The Morgan fingerprint density at radius 3 is 2.33 bits per heavy atom. The van der Waals surface area contributed by atoms with Gasteiger partial charge in [0.2, 0.25) is 17.8 Å². The number of hydrogen-bond acceptors (Lipinski definition) is 24. The molecule has 0 unspecified atom stereocenters. The molecule has 2 saturated carbocycles. The molecule has 9 N–H and O–H groups in total. The zero-order valence-electron chi connectivity index (χ0n) is 63.3. The van der Waals surface area contributed by atoms with Crippen LogP contribution in [0.5, 0.6) is 5.75 Å². The number of nitrogens with zero attached hydrogens (tertiary/aromatic N) is 16. The number of amides is 1. The van der Waals surface area contributed by atoms with Gasteiger partial charge in [0, 0.05) is 107 Å². The molecule has 6 bridgehead atoms. The quantitative estimate of drug-likeness (QED) is 0.0392. The van der Waals surface area contributed by atoms with Crippen molar-refractivity contribution in [3.63, 3.8) is 0 Å². The fourth-order valence-corrected chi connectivity index (χ4v) is 14.6. The molecule has 27 nitrogen and oxygen atoms in total. The Morgan fingerprint density at radius 1 is 0.781 bits per heavy atom. The number of aromatic amines is 1. The summed E-state index contributed by atoms with van der Waals surface area (Å²) in [7, 11) is 0. The molecule has 10 heterocycles. The number of likely N-dealkylation sites (tertiary alicyclic amines) is 1. The van der Waals surface area contributed by atoms with Gasteiger partial charge in [-0.05, 0) is 154 Å². The summed E-state index contributed by atoms with van der Waals surface area (Å²) in [5.41, 5.74) is 26.4. The molecule has 114 heavy (non-hydrogen) atoms. The van der Waals surface area contributed by atoms with Crippen molar-refractivity contribution in [2.75, 3.05) is 66.5 Å². The van der Waals surface area contributed by atoms with Crippen LogP contribution in [-0.4, -0.2) is 137 Å². The molecule has 8 aromatic heterocycles. The first-order chi connectivity index (χ1) is 55.4. The van der Waals surface area contributed by atoms with Crippen LogP contribution in [0, 0.1) is 37.0 Å². The molecule has 586 valence electrons. The summed E-state index contributed by atoms with van der Waals surface area (Å²) >= 11 is 6.15. The minimum atomic E-state index is -4.40. The topological polar surface area (TPSA) is 360 Å². The van der Waals surface area contributed by atoms with Crippen molar-refractivity contribution in [2.45, 2.75) is 129 Å². The molecule has 17 rings (SSSR count). The second-order valence-electron chi connectivity index (χ2n) is 28.7. The number of aromatic nitrogens is 15. The Balaban J connectivity index is 0.000000128. The number of benzene rings is 3. The second kappa shape index (κ2) is 36.5. The standard InChI is InChI=1S/C28H32N4O3.C22H19F3N6O.C18H19N5.C15H17ClN8/c1-2-13-32(12-1)14-17-35-27-9-8-25-19-24(27)21-34-16-4-3-15-33-20-22-6-5-7-23(18-22)26-10-11-29-28(30-25)31-26;23-22(24,25)18(10-1-2-10)31-20-17-14-4-3-11(13-7-29-21(27)30-8-13)5-12(14)6-15(17)16(9-28-20)19(26)32;19-9-8-17(13-4-1-2-5-13)23-11-14(10-22-23)18-15-6-3-7-16(15)20-12-21-18;1-8-5-17-13(18-6-8)10(3)20-15-19-7-11(16)14(22-15)21-12-4-9(2)23-24-12/h3-11,18-19H,1-2,12-17,20-21H2,(H,29,30,31);3-5,7-10,18H,1-2,6H2,(H2,26,32)(H,28,31)(H2,27,29,30);3,6,10-13,17H,1-2,4-5,7-8H2;4-7,10H,1-3H3,(H3,19,20,21,22,23,24)/b4-3+;;;/t;18-;17-;10-/m.110/s1. The van der Waals surface area contributed by atoms with E-state index in [9.17, 15) is 23.2 Å². The zero-order chi connectivity index (χ0) is 79.1. The van der Waals surface area contributed by atoms with E-state index in [0.717, 1.165) is 103 Å². The van der Waals surface area contributed by atoms with Crippen LogP contribution in [-0.2, 0) is 35.5 Å². The lowest BCUT2D eigenvalue weighted by molar-refractivity contribution is -0.146. The number of hydrogen-bond donors (Lipinski definition) is 7. The minimum absolute atomic E-state index is 0.113. The molecule has 3 atom stereocenters. The number of nitrogens with two attached hydrogens (primary N) is 2. The summed E-state index contributed by atoms with van der Waals surface area (Å²) in [6, 6.07) is 24.3. The first-order valence-electron chi connectivity index (χ1n) is 38.1. The summed E-state index contributed by atoms with van der Waals surface area (Å²) in [5, 5.41) is 33.3. The van der Waals surface area contributed by atoms with E-state index in [0.29, 0.717) is 110 Å². The van der Waals surface area contributed by atoms with Crippen molar-refractivity contribution in [1.82, 2.24) is 79.7 Å². The zero-order valence-corrected chi connectivity index (χ0v) is 64.0. The van der Waals surface area contributed by atoms with E-state index >= 15 is 0 Å². The van der Waals surface area contributed by atoms with Gasteiger partial charge in [0.05, 0.1) is 86.0 Å². The maximum atomic E-state index is 13.6. The Hall–Kier alpha value is -12.2. The lowest BCUT2D eigenvalue weighted by Gasteiger charge is -2.23. The lowest BCUT2D eigenvalue weighted by atomic mass is 9.96. The Bertz CT molecular complexity index is 5270. The lowest BCUT2D eigenvalue weighted by Crippen LogP contribution is -2.38. The van der Waals surface area contributed by atoms with Crippen molar-refractivity contribution in [3.05, 3.63) is 214 Å². The van der Waals surface area contributed by atoms with Crippen LogP contribution < -0.4 is 37.5 Å². The van der Waals surface area contributed by atoms with Crippen molar-refractivity contribution < 1.29 is 32.2 Å². The van der Waals surface area contributed by atoms with Crippen LogP contribution in [0.2, 0.25) is 5.02 Å². The van der Waals surface area contributed by atoms with E-state index in [4.69, 9.17) is 42.3 Å². The SMILES string of the molecule is C1=C/COCc2cc(ccc2OCCN2CCCC2)Nc2nccc(n2)-c2cccc(c2)COC/1.Cc1cnc([C@H](C)Nc2ncc(Cl)c(Nc3cc(C)[nH]n3)n2)nc1.N#CC[C@H](C1CCCC1)n1cc(-c2ncnc3c2C=CC3)cn1.NC(=O)c1cnc(N[C@H](C2CC2)C(F)(F)F)c2c1Cc1cc(-c3cnc(N)nc3)ccc1-2. The molecule has 0 radical (unpaired) electrons. The van der Waals surface area contributed by atoms with Gasteiger partial charge in [0.1, 0.15) is 41.4 Å². The predicted octanol–water partition coefficient (Wildman–Crippen LogP) is 15.2. The molecule has 3 fully saturated rings. The molecule has 1 saturated heterocycles. The third-order valence-corrected chi connectivity index (χ3v) is 20.6. The molecule has 4 aliphatic carbocycles. The maximum absolute atomic E-state index is 13.6. The smallest absolute Gasteiger partial charge is 0.408 e. The van der Waals surface area contributed by atoms with Gasteiger partial charge in [0.25, 0.3) is 5.91 Å². The normalized spacial score (nSPS) is 16.0. The minimum Gasteiger partial charge on any atom is -0.492 e. The summed E-state index contributed by atoms with van der Waals surface area (Å²) < 4.78 is 60.8. The number of anilines is 7. The highest BCUT2D eigenvalue weighted by Crippen LogP contribution is 2.47. The van der Waals surface area contributed by atoms with Crippen molar-refractivity contribution >= 4 is 64.6 Å². The average Bonchev–Trinajstić information content (AvgIpc) is 1.59. The largest absolute Gasteiger partial charge is 0.492 e. The number of allylic oxidation sites excluding steroid dienone is 1. The Morgan fingerprint density at radius 2 is 1.58 bits per heavy atom. The molecular formula is C83H87ClF3N23O4. The van der Waals surface area contributed by atoms with Crippen LogP contribution in [0.15, 0.2) is 153 Å². The first kappa shape index (κ1) is 78.5. The number of ether oxygens (including phenoxy) is 3. The number of rotatable bonds is 18. The molecule has 6 aliphatic rings. The third kappa shape index (κ3) is 20.0. The summed E-state index contributed by atoms with van der Waals surface area (Å²) in [4.78, 5) is 61.8. The van der Waals surface area contributed by atoms with Crippen molar-refractivity contribution in [2.24, 2.45) is 17.6 Å². The highest BCUT2D eigenvalue weighted by molar-refractivity contribution is 6.32. The van der Waals surface area contributed by atoms with Gasteiger partial charge < -0.3 is 46.9 Å². The second-order valence-corrected chi connectivity index (χ2v) is 29.1. The van der Waals surface area contributed by atoms with Gasteiger partial charge in [-0.3, -0.25) is 19.5 Å². The Kier molecular flexibility index (Phi) is 25.2. The molecule has 31 heteroatoms. The van der Waals surface area contributed by atoms with E-state index < -0.39 is 24.0 Å². The number of carbonyl (C=O) groups excluding carboxylic acids is 1. The average molecular weight is 1560 g/mol. The fourth-order valence-electron chi connectivity index (χ4n) is 14.4. The van der Waals surface area contributed by atoms with E-state index in [1.165, 1.54) is 64.0 Å². The maximum Gasteiger partial charge on any atom is 0.408 e. The van der Waals surface area contributed by atoms with Gasteiger partial charge >= 0.3 is 6.18 Å². The van der Waals surface area contributed by atoms with Gasteiger partial charge in [-0.25, -0.2) is 49.8 Å². The van der Waals surface area contributed by atoms with Crippen LogP contribution in [0.1, 0.15) is 138 Å². The number of pyridine rings is 1. The molecule has 0 spiro atoms. The number of nitrogens with one attached hydrogen (secondary N) is 5. The van der Waals surface area contributed by atoms with Crippen LogP contribution >= 0.6 is 11.6 Å². The van der Waals surface area contributed by atoms with Gasteiger partial charge in [-0.15, -0.1) is 0 Å². The number of fused-ring (bicyclic) bond motifs is 11. The number of carbonyl (C=O) groups is 1. The first-order valence-corrected chi connectivity index (χ1v) is 38.4. The number of halogens is 4. The summed E-state index contributed by atoms with van der Waals surface area (Å²) in [6.07, 6.45) is 30.9. The molecule has 3 aromatic carbocycles. The monoisotopic (exact) mass is 1560 g/mol. The van der Waals surface area contributed by atoms with E-state index in [1.807, 2.05) is 92.3 Å². The van der Waals surface area contributed by atoms with Gasteiger partial charge in [-0.1, -0.05) is 85.1 Å². The number of nitrogen functional groups attached to an aromatic ring is 1. The predicted molar refractivity (Wildman–Crippen MR) is 429 cm³/mol. The summed E-state index contributed by atoms with van der Waals surface area (Å²) in [5.74, 6) is 3.27. The number of aryl methyl sites for hydroxylation is 2. The molecule has 2 aliphatic heterocycles. The number of H-pyrrole nitrogens is 1. The van der Waals surface area contributed by atoms with Gasteiger partial charge in [0.15, 0.2) is 11.6 Å². The van der Waals surface area contributed by atoms with Crippen LogP contribution in [0.3, 0.4) is 0 Å². The highest BCUT2D eigenvalue weighted by atomic mass is 35.5. The molecule has 11 aromatic rings. The molecule has 1 amide bonds. The highest BCUT2D eigenvalue weighted by Gasteiger charge is 2.50. The van der Waals surface area contributed by atoms with Crippen LogP contribution in [0.4, 0.5) is 54.2 Å². The number of nitriles is 1. The fraction of sp³-hybridized carbons (Fsp3) is 0.337. The third-order valence-electron chi connectivity index (χ3n) is 20.4. The van der Waals surface area contributed by atoms with E-state index in [1.54, 1.807) is 37.3 Å². The molecular weight excluding hydrogens is 1480 g/mol. The van der Waals surface area contributed by atoms with E-state index in [2.05, 4.69) is 140 Å². The van der Waals surface area contributed by atoms with E-state index in [-0.39, 0.29) is 29.4 Å². The number of primary amides is 1. The van der Waals surface area contributed by atoms with Gasteiger partial charge in [-0.2, -0.15) is 33.6 Å². The number of alkyl halides is 3.